The van der Waals surface area contributed by atoms with E-state index in [0.29, 0.717) is 22.7 Å². The fraction of sp³-hybridized carbons (Fsp3) is 0.267. The summed E-state index contributed by atoms with van der Waals surface area (Å²) in [6.45, 7) is 3.93. The lowest BCUT2D eigenvalue weighted by Gasteiger charge is -2.11. The number of hydrogen-bond donors (Lipinski definition) is 1. The number of ether oxygens (including phenoxy) is 2. The second-order valence-corrected chi connectivity index (χ2v) is 5.81. The van der Waals surface area contributed by atoms with Crippen molar-refractivity contribution in [3.8, 4) is 11.5 Å². The summed E-state index contributed by atoms with van der Waals surface area (Å²) < 4.78 is 10.4. The summed E-state index contributed by atoms with van der Waals surface area (Å²) in [6, 6.07) is 7.18. The summed E-state index contributed by atoms with van der Waals surface area (Å²) in [5.74, 6) is 1.13. The molecule has 0 unspecified atom stereocenters. The molecule has 1 aromatic heterocycles. The van der Waals surface area contributed by atoms with Crippen molar-refractivity contribution < 1.29 is 14.3 Å². The predicted octanol–water partition coefficient (Wildman–Crippen LogP) is 3.63. The number of carbonyl (C=O) groups is 1. The standard InChI is InChI=1S/C15H17NO3S/c1-9-7-12(10(2)20-9)15(17)16-13-6-5-11(18-3)8-14(13)19-4/h5-8H,1-4H3,(H,16,17). The fourth-order valence-electron chi connectivity index (χ4n) is 1.95. The first-order chi connectivity index (χ1) is 9.55. The van der Waals surface area contributed by atoms with E-state index >= 15 is 0 Å². The highest BCUT2D eigenvalue weighted by atomic mass is 32.1. The minimum Gasteiger partial charge on any atom is -0.497 e. The van der Waals surface area contributed by atoms with Crippen LogP contribution in [0.3, 0.4) is 0 Å². The summed E-state index contributed by atoms with van der Waals surface area (Å²) >= 11 is 1.61. The second-order valence-electron chi connectivity index (χ2n) is 4.35. The molecule has 0 fully saturated rings. The van der Waals surface area contributed by atoms with Gasteiger partial charge in [0.2, 0.25) is 0 Å². The summed E-state index contributed by atoms with van der Waals surface area (Å²) in [7, 11) is 3.15. The van der Waals surface area contributed by atoms with E-state index < -0.39 is 0 Å². The molecule has 2 aromatic rings. The molecular weight excluding hydrogens is 274 g/mol. The first kappa shape index (κ1) is 14.4. The fourth-order valence-corrected chi connectivity index (χ4v) is 2.87. The highest BCUT2D eigenvalue weighted by Gasteiger charge is 2.14. The zero-order valence-corrected chi connectivity index (χ0v) is 12.8. The average Bonchev–Trinajstić information content (AvgIpc) is 2.78. The van der Waals surface area contributed by atoms with Crippen molar-refractivity contribution >= 4 is 22.9 Å². The van der Waals surface area contributed by atoms with E-state index in [2.05, 4.69) is 5.32 Å². The van der Waals surface area contributed by atoms with Gasteiger partial charge >= 0.3 is 0 Å². The molecule has 0 aliphatic carbocycles. The van der Waals surface area contributed by atoms with Crippen LogP contribution in [0.5, 0.6) is 11.5 Å². The van der Waals surface area contributed by atoms with Crippen LogP contribution in [0.15, 0.2) is 24.3 Å². The van der Waals surface area contributed by atoms with Crippen LogP contribution in [0.25, 0.3) is 0 Å². The van der Waals surface area contributed by atoms with Crippen molar-refractivity contribution in [3.63, 3.8) is 0 Å². The van der Waals surface area contributed by atoms with E-state index in [4.69, 9.17) is 9.47 Å². The van der Waals surface area contributed by atoms with Gasteiger partial charge in [-0.15, -0.1) is 11.3 Å². The Balaban J connectivity index is 2.25. The lowest BCUT2D eigenvalue weighted by Crippen LogP contribution is -2.12. The number of thiophene rings is 1. The molecule has 106 valence electrons. The van der Waals surface area contributed by atoms with Gasteiger partial charge in [0.1, 0.15) is 11.5 Å². The van der Waals surface area contributed by atoms with Gasteiger partial charge in [-0.05, 0) is 32.0 Å². The molecule has 1 amide bonds. The molecule has 20 heavy (non-hydrogen) atoms. The lowest BCUT2D eigenvalue weighted by atomic mass is 10.2. The van der Waals surface area contributed by atoms with Crippen LogP contribution >= 0.6 is 11.3 Å². The van der Waals surface area contributed by atoms with E-state index in [1.165, 1.54) is 0 Å². The molecule has 0 bridgehead atoms. The van der Waals surface area contributed by atoms with Crippen molar-refractivity contribution in [2.45, 2.75) is 13.8 Å². The number of methoxy groups -OCH3 is 2. The Morgan fingerprint density at radius 1 is 1.15 bits per heavy atom. The molecule has 1 heterocycles. The van der Waals surface area contributed by atoms with E-state index in [1.54, 1.807) is 43.8 Å². The summed E-state index contributed by atoms with van der Waals surface area (Å²) in [4.78, 5) is 14.4. The topological polar surface area (TPSA) is 47.6 Å². The van der Waals surface area contributed by atoms with Gasteiger partial charge in [0.25, 0.3) is 5.91 Å². The van der Waals surface area contributed by atoms with Gasteiger partial charge in [-0.1, -0.05) is 0 Å². The largest absolute Gasteiger partial charge is 0.497 e. The Bertz CT molecular complexity index is 634. The molecule has 0 radical (unpaired) electrons. The third-order valence-corrected chi connectivity index (χ3v) is 3.91. The number of aryl methyl sites for hydroxylation is 2. The zero-order chi connectivity index (χ0) is 14.7. The predicted molar refractivity (Wildman–Crippen MR) is 81.3 cm³/mol. The Morgan fingerprint density at radius 3 is 2.45 bits per heavy atom. The van der Waals surface area contributed by atoms with Crippen molar-refractivity contribution in [1.82, 2.24) is 0 Å². The molecular formula is C15H17NO3S. The zero-order valence-electron chi connectivity index (χ0n) is 11.9. The highest BCUT2D eigenvalue weighted by Crippen LogP contribution is 2.30. The monoisotopic (exact) mass is 291 g/mol. The highest BCUT2D eigenvalue weighted by molar-refractivity contribution is 7.12. The van der Waals surface area contributed by atoms with Crippen molar-refractivity contribution in [2.75, 3.05) is 19.5 Å². The maximum atomic E-state index is 12.3. The Morgan fingerprint density at radius 2 is 1.90 bits per heavy atom. The molecule has 4 nitrogen and oxygen atoms in total. The average molecular weight is 291 g/mol. The van der Waals surface area contributed by atoms with Gasteiger partial charge in [-0.25, -0.2) is 0 Å². The van der Waals surface area contributed by atoms with E-state index in [0.717, 1.165) is 9.75 Å². The summed E-state index contributed by atoms with van der Waals surface area (Å²) in [5, 5.41) is 2.87. The molecule has 0 saturated heterocycles. The summed E-state index contributed by atoms with van der Waals surface area (Å²) in [5.41, 5.74) is 1.33. The smallest absolute Gasteiger partial charge is 0.256 e. The molecule has 1 aromatic carbocycles. The number of carbonyl (C=O) groups excluding carboxylic acids is 1. The van der Waals surface area contributed by atoms with Crippen molar-refractivity contribution in [3.05, 3.63) is 39.6 Å². The third kappa shape index (κ3) is 2.93. The number of nitrogens with one attached hydrogen (secondary N) is 1. The second kappa shape index (κ2) is 5.96. The maximum Gasteiger partial charge on any atom is 0.256 e. The molecule has 0 aliphatic rings. The van der Waals surface area contributed by atoms with Crippen molar-refractivity contribution in [2.24, 2.45) is 0 Å². The number of anilines is 1. The number of rotatable bonds is 4. The van der Waals surface area contributed by atoms with Crippen LogP contribution in [0, 0.1) is 13.8 Å². The van der Waals surface area contributed by atoms with Crippen LogP contribution in [0.1, 0.15) is 20.1 Å². The van der Waals surface area contributed by atoms with Gasteiger partial charge < -0.3 is 14.8 Å². The molecule has 5 heteroatoms. The minimum atomic E-state index is -0.129. The van der Waals surface area contributed by atoms with Crippen LogP contribution in [0.2, 0.25) is 0 Å². The first-order valence-corrected chi connectivity index (χ1v) is 6.97. The summed E-state index contributed by atoms with van der Waals surface area (Å²) in [6.07, 6.45) is 0. The van der Waals surface area contributed by atoms with Gasteiger partial charge in [-0.2, -0.15) is 0 Å². The Kier molecular flexibility index (Phi) is 4.29. The normalized spacial score (nSPS) is 10.2. The number of benzene rings is 1. The first-order valence-electron chi connectivity index (χ1n) is 6.15. The van der Waals surface area contributed by atoms with Gasteiger partial charge in [0.15, 0.2) is 0 Å². The quantitative estimate of drug-likeness (QED) is 0.935. The van der Waals surface area contributed by atoms with Crippen LogP contribution in [-0.2, 0) is 0 Å². The molecule has 0 spiro atoms. The molecule has 1 N–H and O–H groups in total. The molecule has 0 aliphatic heterocycles. The Labute approximate surface area is 122 Å². The lowest BCUT2D eigenvalue weighted by molar-refractivity contribution is 0.102. The van der Waals surface area contributed by atoms with E-state index in [9.17, 15) is 4.79 Å². The molecule has 0 atom stereocenters. The maximum absolute atomic E-state index is 12.3. The van der Waals surface area contributed by atoms with Crippen LogP contribution < -0.4 is 14.8 Å². The Hall–Kier alpha value is -2.01. The molecule has 2 rings (SSSR count). The van der Waals surface area contributed by atoms with E-state index in [1.807, 2.05) is 19.9 Å². The third-order valence-electron chi connectivity index (χ3n) is 2.94. The van der Waals surface area contributed by atoms with Gasteiger partial charge in [0, 0.05) is 15.8 Å². The van der Waals surface area contributed by atoms with E-state index in [-0.39, 0.29) is 5.91 Å². The minimum absolute atomic E-state index is 0.129. The van der Waals surface area contributed by atoms with Crippen molar-refractivity contribution in [1.29, 1.82) is 0 Å². The molecule has 0 saturated carbocycles. The number of hydrogen-bond acceptors (Lipinski definition) is 4. The number of amides is 1. The van der Waals surface area contributed by atoms with Crippen LogP contribution in [0.4, 0.5) is 5.69 Å². The SMILES string of the molecule is COc1ccc(NC(=O)c2cc(C)sc2C)c(OC)c1. The van der Waals surface area contributed by atoms with Gasteiger partial charge in [0.05, 0.1) is 25.5 Å². The van der Waals surface area contributed by atoms with Gasteiger partial charge in [-0.3, -0.25) is 4.79 Å². The van der Waals surface area contributed by atoms with Crippen LogP contribution in [-0.4, -0.2) is 20.1 Å².